The molecular formula is C9H11N5. The van der Waals surface area contributed by atoms with Crippen molar-refractivity contribution in [1.82, 2.24) is 24.5 Å². The Morgan fingerprint density at radius 3 is 3.07 bits per heavy atom. The first-order valence-corrected chi connectivity index (χ1v) is 4.63. The molecule has 5 heteroatoms. The van der Waals surface area contributed by atoms with Gasteiger partial charge in [-0.25, -0.2) is 4.98 Å². The average Bonchev–Trinajstić information content (AvgIpc) is 2.65. The van der Waals surface area contributed by atoms with Gasteiger partial charge in [0.05, 0.1) is 5.69 Å². The number of rotatable bonds is 0. The lowest BCUT2D eigenvalue weighted by molar-refractivity contribution is 0.349. The maximum atomic E-state index is 4.34. The van der Waals surface area contributed by atoms with Gasteiger partial charge in [0, 0.05) is 24.8 Å². The Morgan fingerprint density at radius 2 is 2.21 bits per heavy atom. The molecule has 72 valence electrons. The summed E-state index contributed by atoms with van der Waals surface area (Å²) in [6.07, 6.45) is 1.91. The molecule has 0 atom stereocenters. The second-order valence-electron chi connectivity index (χ2n) is 3.77. The maximum absolute atomic E-state index is 4.34. The van der Waals surface area contributed by atoms with Crippen LogP contribution in [0.5, 0.6) is 0 Å². The van der Waals surface area contributed by atoms with E-state index in [2.05, 4.69) is 27.0 Å². The standard InChI is InChI=1S/C9H11N5/c1-6-11-9-10-3-7-4-13(2)5-8(7)14(9)12-6/h3H,4-5H2,1-2H3. The van der Waals surface area contributed by atoms with Crippen molar-refractivity contribution in [2.45, 2.75) is 20.0 Å². The highest BCUT2D eigenvalue weighted by Crippen LogP contribution is 2.20. The summed E-state index contributed by atoms with van der Waals surface area (Å²) < 4.78 is 1.86. The molecule has 3 heterocycles. The Hall–Kier alpha value is -1.49. The van der Waals surface area contributed by atoms with E-state index in [0.717, 1.165) is 18.9 Å². The fraction of sp³-hybridized carbons (Fsp3) is 0.444. The van der Waals surface area contributed by atoms with E-state index in [-0.39, 0.29) is 0 Å². The van der Waals surface area contributed by atoms with Gasteiger partial charge in [-0.05, 0) is 14.0 Å². The van der Waals surface area contributed by atoms with Gasteiger partial charge < -0.3 is 0 Å². The van der Waals surface area contributed by atoms with Gasteiger partial charge >= 0.3 is 0 Å². The van der Waals surface area contributed by atoms with Crippen molar-refractivity contribution >= 4 is 5.78 Å². The zero-order valence-corrected chi connectivity index (χ0v) is 8.23. The molecule has 1 aliphatic heterocycles. The minimum absolute atomic E-state index is 0.705. The molecule has 0 unspecified atom stereocenters. The normalized spacial score (nSPS) is 16.4. The third-order valence-electron chi connectivity index (χ3n) is 2.52. The fourth-order valence-corrected chi connectivity index (χ4v) is 1.92. The summed E-state index contributed by atoms with van der Waals surface area (Å²) in [5.41, 5.74) is 2.48. The summed E-state index contributed by atoms with van der Waals surface area (Å²) >= 11 is 0. The van der Waals surface area contributed by atoms with E-state index in [0.29, 0.717) is 5.78 Å². The van der Waals surface area contributed by atoms with E-state index in [1.807, 2.05) is 17.6 Å². The van der Waals surface area contributed by atoms with Crippen molar-refractivity contribution in [1.29, 1.82) is 0 Å². The third-order valence-corrected chi connectivity index (χ3v) is 2.52. The quantitative estimate of drug-likeness (QED) is 0.601. The number of hydrogen-bond acceptors (Lipinski definition) is 4. The second kappa shape index (κ2) is 2.51. The zero-order chi connectivity index (χ0) is 9.71. The SMILES string of the molecule is Cc1nc2ncc3c(n2n1)CN(C)C3. The molecule has 0 saturated heterocycles. The van der Waals surface area contributed by atoms with Gasteiger partial charge in [0.15, 0.2) is 0 Å². The number of aryl methyl sites for hydroxylation is 1. The Kier molecular flexibility index (Phi) is 1.41. The predicted molar refractivity (Wildman–Crippen MR) is 50.7 cm³/mol. The van der Waals surface area contributed by atoms with Crippen molar-refractivity contribution in [2.75, 3.05) is 7.05 Å². The van der Waals surface area contributed by atoms with E-state index >= 15 is 0 Å². The number of hydrogen-bond donors (Lipinski definition) is 0. The fourth-order valence-electron chi connectivity index (χ4n) is 1.92. The molecule has 0 aromatic carbocycles. The summed E-state index contributed by atoms with van der Waals surface area (Å²) in [7, 11) is 2.09. The topological polar surface area (TPSA) is 46.3 Å². The molecule has 5 nitrogen and oxygen atoms in total. The molecule has 0 amide bonds. The largest absolute Gasteiger partial charge is 0.296 e. The van der Waals surface area contributed by atoms with Crippen molar-refractivity contribution in [2.24, 2.45) is 0 Å². The molecule has 0 aliphatic carbocycles. The van der Waals surface area contributed by atoms with E-state index < -0.39 is 0 Å². The van der Waals surface area contributed by atoms with E-state index in [1.54, 1.807) is 0 Å². The van der Waals surface area contributed by atoms with Crippen LogP contribution in [0.1, 0.15) is 17.1 Å². The van der Waals surface area contributed by atoms with Gasteiger partial charge in [-0.3, -0.25) is 4.90 Å². The van der Waals surface area contributed by atoms with Crippen LogP contribution in [0, 0.1) is 6.92 Å². The molecule has 2 aromatic heterocycles. The van der Waals surface area contributed by atoms with Crippen molar-refractivity contribution in [3.05, 3.63) is 23.3 Å². The number of aromatic nitrogens is 4. The Balaban J connectivity index is 2.32. The van der Waals surface area contributed by atoms with Crippen molar-refractivity contribution in [3.8, 4) is 0 Å². The molecule has 0 spiro atoms. The van der Waals surface area contributed by atoms with Crippen LogP contribution < -0.4 is 0 Å². The first kappa shape index (κ1) is 7.87. The van der Waals surface area contributed by atoms with Crippen LogP contribution in [-0.2, 0) is 13.1 Å². The lowest BCUT2D eigenvalue weighted by Crippen LogP contribution is -2.08. The number of nitrogens with zero attached hydrogens (tertiary/aromatic N) is 5. The molecule has 0 N–H and O–H groups in total. The molecule has 3 rings (SSSR count). The molecule has 1 aliphatic rings. The monoisotopic (exact) mass is 189 g/mol. The van der Waals surface area contributed by atoms with Crippen molar-refractivity contribution < 1.29 is 0 Å². The lowest BCUT2D eigenvalue weighted by Gasteiger charge is -2.02. The highest BCUT2D eigenvalue weighted by atomic mass is 15.3. The van der Waals surface area contributed by atoms with Crippen molar-refractivity contribution in [3.63, 3.8) is 0 Å². The molecule has 0 saturated carbocycles. The highest BCUT2D eigenvalue weighted by Gasteiger charge is 2.20. The van der Waals surface area contributed by atoms with Gasteiger partial charge in [-0.1, -0.05) is 0 Å². The Bertz CT molecular complexity index is 501. The van der Waals surface area contributed by atoms with Gasteiger partial charge in [0.25, 0.3) is 5.78 Å². The van der Waals surface area contributed by atoms with Crippen LogP contribution in [0.4, 0.5) is 0 Å². The minimum Gasteiger partial charge on any atom is -0.296 e. The zero-order valence-electron chi connectivity index (χ0n) is 8.23. The lowest BCUT2D eigenvalue weighted by atomic mass is 10.3. The van der Waals surface area contributed by atoms with Gasteiger partial charge in [-0.15, -0.1) is 5.10 Å². The summed E-state index contributed by atoms with van der Waals surface area (Å²) in [5.74, 6) is 1.48. The van der Waals surface area contributed by atoms with Crippen LogP contribution >= 0.6 is 0 Å². The molecular weight excluding hydrogens is 178 g/mol. The molecule has 0 bridgehead atoms. The van der Waals surface area contributed by atoms with Crippen LogP contribution in [0.25, 0.3) is 5.78 Å². The van der Waals surface area contributed by atoms with E-state index in [1.165, 1.54) is 11.3 Å². The Morgan fingerprint density at radius 1 is 1.36 bits per heavy atom. The van der Waals surface area contributed by atoms with E-state index in [9.17, 15) is 0 Å². The molecule has 2 aromatic rings. The molecule has 0 fully saturated rings. The summed E-state index contributed by atoms with van der Waals surface area (Å²) in [4.78, 5) is 10.7. The van der Waals surface area contributed by atoms with Crippen LogP contribution in [0.3, 0.4) is 0 Å². The van der Waals surface area contributed by atoms with Gasteiger partial charge in [0.1, 0.15) is 5.82 Å². The maximum Gasteiger partial charge on any atom is 0.252 e. The first-order chi connectivity index (χ1) is 6.74. The third kappa shape index (κ3) is 0.957. The van der Waals surface area contributed by atoms with Gasteiger partial charge in [-0.2, -0.15) is 9.50 Å². The summed E-state index contributed by atoms with van der Waals surface area (Å²) in [5, 5.41) is 4.34. The first-order valence-electron chi connectivity index (χ1n) is 4.63. The Labute approximate surface area is 81.4 Å². The van der Waals surface area contributed by atoms with E-state index in [4.69, 9.17) is 0 Å². The second-order valence-corrected chi connectivity index (χ2v) is 3.77. The van der Waals surface area contributed by atoms with Crippen LogP contribution in [-0.4, -0.2) is 31.5 Å². The smallest absolute Gasteiger partial charge is 0.252 e. The highest BCUT2D eigenvalue weighted by molar-refractivity contribution is 5.34. The minimum atomic E-state index is 0.705. The van der Waals surface area contributed by atoms with Crippen LogP contribution in [0.2, 0.25) is 0 Å². The predicted octanol–water partition coefficient (Wildman–Crippen LogP) is 0.378. The molecule has 14 heavy (non-hydrogen) atoms. The molecule has 0 radical (unpaired) electrons. The van der Waals surface area contributed by atoms with Crippen LogP contribution in [0.15, 0.2) is 6.20 Å². The summed E-state index contributed by atoms with van der Waals surface area (Å²) in [6.45, 7) is 3.77. The summed E-state index contributed by atoms with van der Waals surface area (Å²) in [6, 6.07) is 0. The van der Waals surface area contributed by atoms with Gasteiger partial charge in [0.2, 0.25) is 0 Å². The average molecular weight is 189 g/mol. The number of fused-ring (bicyclic) bond motifs is 3.